The van der Waals surface area contributed by atoms with E-state index in [-0.39, 0.29) is 25.1 Å². The van der Waals surface area contributed by atoms with Gasteiger partial charge < -0.3 is 4.74 Å². The average molecular weight is 328 g/mol. The van der Waals surface area contributed by atoms with Crippen LogP contribution >= 0.6 is 0 Å². The molecule has 1 aliphatic rings. The molecule has 0 amide bonds. The lowest BCUT2D eigenvalue weighted by Gasteiger charge is -2.34. The highest BCUT2D eigenvalue weighted by Crippen LogP contribution is 2.33. The number of fused-ring (bicyclic) bond motifs is 1. The summed E-state index contributed by atoms with van der Waals surface area (Å²) in [5.41, 5.74) is -0.148. The summed E-state index contributed by atoms with van der Waals surface area (Å²) in [6, 6.07) is 11.3. The topological polar surface area (TPSA) is 44.1 Å². The molecule has 1 aliphatic heterocycles. The van der Waals surface area contributed by atoms with E-state index in [0.717, 1.165) is 5.56 Å². The minimum Gasteiger partial charge on any atom is -0.374 e. The van der Waals surface area contributed by atoms with Gasteiger partial charge in [-0.05, 0) is 23.3 Å². The molecule has 1 fully saturated rings. The van der Waals surface area contributed by atoms with Crippen molar-refractivity contribution in [2.24, 2.45) is 0 Å². The third kappa shape index (κ3) is 2.39. The zero-order valence-electron chi connectivity index (χ0n) is 12.7. The van der Waals surface area contributed by atoms with Crippen molar-refractivity contribution in [3.63, 3.8) is 0 Å². The Morgan fingerprint density at radius 1 is 1.17 bits per heavy atom. The Balaban J connectivity index is 1.66. The molecule has 0 atom stereocenters. The van der Waals surface area contributed by atoms with Gasteiger partial charge in [-0.2, -0.15) is 0 Å². The zero-order valence-corrected chi connectivity index (χ0v) is 12.7. The summed E-state index contributed by atoms with van der Waals surface area (Å²) in [5, 5.41) is -0.0223. The Hall–Kier alpha value is -2.60. The lowest BCUT2D eigenvalue weighted by molar-refractivity contribution is -0.135. The van der Waals surface area contributed by atoms with Gasteiger partial charge in [-0.1, -0.05) is 30.3 Å². The molecule has 24 heavy (non-hydrogen) atoms. The number of alkyl halides is 1. The van der Waals surface area contributed by atoms with Crippen LogP contribution in [0, 0.1) is 5.82 Å². The van der Waals surface area contributed by atoms with Gasteiger partial charge >= 0.3 is 0 Å². The largest absolute Gasteiger partial charge is 0.374 e. The average Bonchev–Trinajstić information content (AvgIpc) is 2.56. The molecule has 3 aromatic rings. The Labute approximate surface area is 136 Å². The second-order valence-corrected chi connectivity index (χ2v) is 5.97. The molecule has 122 valence electrons. The Kier molecular flexibility index (Phi) is 3.42. The number of benzene rings is 2. The van der Waals surface area contributed by atoms with Crippen LogP contribution in [0.25, 0.3) is 10.9 Å². The predicted octanol–water partition coefficient (Wildman–Crippen LogP) is 2.78. The van der Waals surface area contributed by atoms with Crippen LogP contribution in [0.5, 0.6) is 0 Å². The second-order valence-electron chi connectivity index (χ2n) is 5.97. The van der Waals surface area contributed by atoms with E-state index in [4.69, 9.17) is 4.74 Å². The van der Waals surface area contributed by atoms with Crippen LogP contribution in [-0.4, -0.2) is 22.8 Å². The molecule has 2 aromatic carbocycles. The number of rotatable bonds is 3. The summed E-state index contributed by atoms with van der Waals surface area (Å²) in [6.45, 7) is 0.380. The summed E-state index contributed by atoms with van der Waals surface area (Å²) < 4.78 is 34.4. The first-order chi connectivity index (χ1) is 11.6. The molecule has 0 aliphatic carbocycles. The number of hydrogen-bond donors (Lipinski definition) is 0. The molecule has 0 spiro atoms. The molecule has 2 heterocycles. The van der Waals surface area contributed by atoms with E-state index in [1.807, 2.05) is 0 Å². The normalized spacial score (nSPS) is 16.1. The van der Waals surface area contributed by atoms with E-state index in [1.54, 1.807) is 30.3 Å². The second kappa shape index (κ2) is 5.49. The van der Waals surface area contributed by atoms with Gasteiger partial charge in [-0.15, -0.1) is 0 Å². The summed E-state index contributed by atoms with van der Waals surface area (Å²) >= 11 is 0. The maximum atomic E-state index is 14.2. The van der Waals surface area contributed by atoms with Crippen LogP contribution in [0.2, 0.25) is 0 Å². The van der Waals surface area contributed by atoms with Gasteiger partial charge in [0.25, 0.3) is 5.56 Å². The van der Waals surface area contributed by atoms with Crippen LogP contribution in [0.4, 0.5) is 8.78 Å². The zero-order chi connectivity index (χ0) is 16.7. The Bertz CT molecular complexity index is 963. The standard InChI is InChI=1S/C18H14F2N2O2/c19-14-2-1-3-15-16(14)17(23)22(11-21-15)8-12-4-6-13(7-5-12)18(20)9-24-10-18/h1-7,11H,8-10H2. The van der Waals surface area contributed by atoms with Crippen molar-refractivity contribution in [3.8, 4) is 0 Å². The molecule has 4 nitrogen and oxygen atoms in total. The lowest BCUT2D eigenvalue weighted by Crippen LogP contribution is -2.42. The first kappa shape index (κ1) is 15.0. The summed E-state index contributed by atoms with van der Waals surface area (Å²) in [7, 11) is 0. The van der Waals surface area contributed by atoms with Gasteiger partial charge in [-0.3, -0.25) is 9.36 Å². The highest BCUT2D eigenvalue weighted by molar-refractivity contribution is 5.77. The highest BCUT2D eigenvalue weighted by atomic mass is 19.1. The predicted molar refractivity (Wildman–Crippen MR) is 85.1 cm³/mol. The van der Waals surface area contributed by atoms with Gasteiger partial charge in [-0.25, -0.2) is 13.8 Å². The van der Waals surface area contributed by atoms with E-state index < -0.39 is 17.0 Å². The SMILES string of the molecule is O=c1c2c(F)cccc2ncn1Cc1ccc(C2(F)COC2)cc1. The third-order valence-electron chi connectivity index (χ3n) is 4.29. The summed E-state index contributed by atoms with van der Waals surface area (Å²) in [4.78, 5) is 16.6. The minimum atomic E-state index is -1.41. The fourth-order valence-corrected chi connectivity index (χ4v) is 2.83. The van der Waals surface area contributed by atoms with Crippen molar-refractivity contribution >= 4 is 10.9 Å². The van der Waals surface area contributed by atoms with Crippen molar-refractivity contribution in [1.29, 1.82) is 0 Å². The quantitative estimate of drug-likeness (QED) is 0.743. The Morgan fingerprint density at radius 3 is 2.58 bits per heavy atom. The third-order valence-corrected chi connectivity index (χ3v) is 4.29. The molecular formula is C18H14F2N2O2. The first-order valence-corrected chi connectivity index (χ1v) is 7.57. The van der Waals surface area contributed by atoms with E-state index in [1.165, 1.54) is 23.0 Å². The van der Waals surface area contributed by atoms with E-state index in [0.29, 0.717) is 11.1 Å². The molecule has 4 rings (SSSR count). The lowest BCUT2D eigenvalue weighted by atomic mass is 9.93. The number of hydrogen-bond acceptors (Lipinski definition) is 3. The van der Waals surface area contributed by atoms with Crippen LogP contribution in [0.1, 0.15) is 11.1 Å². The van der Waals surface area contributed by atoms with E-state index in [2.05, 4.69) is 4.98 Å². The van der Waals surface area contributed by atoms with Crippen molar-refractivity contribution in [3.05, 3.63) is 76.1 Å². The van der Waals surface area contributed by atoms with Gasteiger partial charge in [0.05, 0.1) is 31.6 Å². The van der Waals surface area contributed by atoms with Gasteiger partial charge in [0.1, 0.15) is 11.2 Å². The molecular weight excluding hydrogens is 314 g/mol. The Morgan fingerprint density at radius 2 is 1.92 bits per heavy atom. The molecule has 0 N–H and O–H groups in total. The molecule has 0 radical (unpaired) electrons. The van der Waals surface area contributed by atoms with Crippen LogP contribution < -0.4 is 5.56 Å². The van der Waals surface area contributed by atoms with Gasteiger partial charge in [0.15, 0.2) is 5.67 Å². The van der Waals surface area contributed by atoms with Crippen molar-refractivity contribution < 1.29 is 13.5 Å². The molecule has 1 aromatic heterocycles. The number of ether oxygens (including phenoxy) is 1. The van der Waals surface area contributed by atoms with Crippen molar-refractivity contribution in [2.45, 2.75) is 12.2 Å². The fraction of sp³-hybridized carbons (Fsp3) is 0.222. The number of halogens is 2. The monoisotopic (exact) mass is 328 g/mol. The molecule has 6 heteroatoms. The van der Waals surface area contributed by atoms with Gasteiger partial charge in [0.2, 0.25) is 0 Å². The maximum absolute atomic E-state index is 14.2. The fourth-order valence-electron chi connectivity index (χ4n) is 2.83. The number of aromatic nitrogens is 2. The van der Waals surface area contributed by atoms with Crippen molar-refractivity contribution in [1.82, 2.24) is 9.55 Å². The maximum Gasteiger partial charge on any atom is 0.264 e. The van der Waals surface area contributed by atoms with Crippen LogP contribution in [0.15, 0.2) is 53.6 Å². The first-order valence-electron chi connectivity index (χ1n) is 7.57. The smallest absolute Gasteiger partial charge is 0.264 e. The van der Waals surface area contributed by atoms with E-state index >= 15 is 0 Å². The number of nitrogens with zero attached hydrogens (tertiary/aromatic N) is 2. The highest BCUT2D eigenvalue weighted by Gasteiger charge is 2.40. The molecule has 1 saturated heterocycles. The van der Waals surface area contributed by atoms with Crippen LogP contribution in [-0.2, 0) is 17.0 Å². The molecule has 0 bridgehead atoms. The van der Waals surface area contributed by atoms with Crippen molar-refractivity contribution in [2.75, 3.05) is 13.2 Å². The molecule has 0 unspecified atom stereocenters. The van der Waals surface area contributed by atoms with E-state index in [9.17, 15) is 13.6 Å². The van der Waals surface area contributed by atoms with Crippen LogP contribution in [0.3, 0.4) is 0 Å². The van der Waals surface area contributed by atoms with Gasteiger partial charge in [0, 0.05) is 0 Å². The summed E-state index contributed by atoms with van der Waals surface area (Å²) in [6.07, 6.45) is 1.40. The molecule has 0 saturated carbocycles. The minimum absolute atomic E-state index is 0.0223. The summed E-state index contributed by atoms with van der Waals surface area (Å²) in [5.74, 6) is -0.584.